The molecule has 0 atom stereocenters. The highest BCUT2D eigenvalue weighted by Gasteiger charge is 2.14. The third-order valence-corrected chi connectivity index (χ3v) is 2.80. The molecule has 0 spiro atoms. The molecule has 5 nitrogen and oxygen atoms in total. The van der Waals surface area contributed by atoms with E-state index >= 15 is 0 Å². The fourth-order valence-electron chi connectivity index (χ4n) is 2.01. The zero-order chi connectivity index (χ0) is 12.0. The second kappa shape index (κ2) is 3.21. The predicted molar refractivity (Wildman–Crippen MR) is 64.1 cm³/mol. The van der Waals surface area contributed by atoms with Crippen LogP contribution in [0.25, 0.3) is 22.2 Å². The number of rotatable bonds is 1. The molecule has 17 heavy (non-hydrogen) atoms. The number of hydrogen-bond acceptors (Lipinski definition) is 2. The molecular weight excluding hydrogens is 218 g/mol. The van der Waals surface area contributed by atoms with E-state index in [4.69, 9.17) is 5.73 Å². The Morgan fingerprint density at radius 2 is 2.12 bits per heavy atom. The van der Waals surface area contributed by atoms with Gasteiger partial charge in [-0.25, -0.2) is 0 Å². The topological polar surface area (TPSA) is 91.7 Å². The van der Waals surface area contributed by atoms with Gasteiger partial charge in [-0.3, -0.25) is 9.59 Å². The molecule has 0 radical (unpaired) electrons. The summed E-state index contributed by atoms with van der Waals surface area (Å²) in [4.78, 5) is 28.4. The maximum atomic E-state index is 11.6. The fourth-order valence-corrected chi connectivity index (χ4v) is 2.01. The SMILES string of the molecule is NC(=O)c1cc2c3ccc[nH]c-3cc2[nH]c1=O. The van der Waals surface area contributed by atoms with E-state index in [1.165, 1.54) is 6.07 Å². The summed E-state index contributed by atoms with van der Waals surface area (Å²) in [6.07, 6.45) is 1.80. The van der Waals surface area contributed by atoms with Gasteiger partial charge in [-0.05, 0) is 18.2 Å². The second-order valence-corrected chi connectivity index (χ2v) is 3.85. The van der Waals surface area contributed by atoms with Gasteiger partial charge in [-0.1, -0.05) is 6.07 Å². The molecule has 0 fully saturated rings. The minimum atomic E-state index is -0.720. The van der Waals surface area contributed by atoms with Crippen LogP contribution in [-0.2, 0) is 0 Å². The Balaban J connectivity index is 2.47. The molecule has 0 bridgehead atoms. The van der Waals surface area contributed by atoms with Crippen LogP contribution in [0, 0.1) is 0 Å². The summed E-state index contributed by atoms with van der Waals surface area (Å²) in [5.41, 5.74) is 7.21. The van der Waals surface area contributed by atoms with E-state index in [2.05, 4.69) is 9.97 Å². The maximum absolute atomic E-state index is 11.6. The molecule has 1 aromatic rings. The molecule has 2 aliphatic rings. The first-order chi connectivity index (χ1) is 8.16. The van der Waals surface area contributed by atoms with E-state index in [1.54, 1.807) is 6.20 Å². The number of nitrogens with two attached hydrogens (primary N) is 1. The standard InChI is InChI=1S/C12H9N3O2/c13-11(16)8-4-7-6-2-1-3-14-9(6)5-10(7)15-12(8)17/h1-5,14H,(H2,13,16)(H,15,17). The normalized spacial score (nSPS) is 11.1. The smallest absolute Gasteiger partial charge is 0.261 e. The number of carbonyl (C=O) groups excluding carboxylic acids is 1. The van der Waals surface area contributed by atoms with E-state index in [1.807, 2.05) is 18.2 Å². The lowest BCUT2D eigenvalue weighted by Crippen LogP contribution is -2.22. The van der Waals surface area contributed by atoms with Crippen molar-refractivity contribution in [2.24, 2.45) is 5.73 Å². The third kappa shape index (κ3) is 1.32. The minimum absolute atomic E-state index is 0.0196. The van der Waals surface area contributed by atoms with Gasteiger partial charge in [-0.15, -0.1) is 0 Å². The molecule has 0 aromatic carbocycles. The number of aromatic amines is 2. The molecule has 84 valence electrons. The monoisotopic (exact) mass is 227 g/mol. The number of primary amides is 1. The molecule has 1 amide bonds. The van der Waals surface area contributed by atoms with Crippen LogP contribution in [-0.4, -0.2) is 15.9 Å². The summed E-state index contributed by atoms with van der Waals surface area (Å²) in [5.74, 6) is -0.720. The average Bonchev–Trinajstić information content (AvgIpc) is 2.64. The van der Waals surface area contributed by atoms with Crippen molar-refractivity contribution in [2.75, 3.05) is 0 Å². The maximum Gasteiger partial charge on any atom is 0.261 e. The summed E-state index contributed by atoms with van der Waals surface area (Å²) >= 11 is 0. The van der Waals surface area contributed by atoms with Crippen LogP contribution in [0.15, 0.2) is 35.3 Å². The van der Waals surface area contributed by atoms with Gasteiger partial charge in [-0.2, -0.15) is 0 Å². The summed E-state index contributed by atoms with van der Waals surface area (Å²) in [7, 11) is 0. The van der Waals surface area contributed by atoms with Crippen LogP contribution in [0.3, 0.4) is 0 Å². The lowest BCUT2D eigenvalue weighted by molar-refractivity contribution is 0.0999. The molecular formula is C12H9N3O2. The Kier molecular flexibility index (Phi) is 1.82. The van der Waals surface area contributed by atoms with Crippen LogP contribution >= 0.6 is 0 Å². The van der Waals surface area contributed by atoms with E-state index < -0.39 is 11.5 Å². The Labute approximate surface area is 95.6 Å². The van der Waals surface area contributed by atoms with E-state index in [9.17, 15) is 9.59 Å². The highest BCUT2D eigenvalue weighted by atomic mass is 16.2. The Hall–Kier alpha value is -2.56. The van der Waals surface area contributed by atoms with Crippen molar-refractivity contribution in [2.45, 2.75) is 0 Å². The molecule has 0 saturated carbocycles. The number of amides is 1. The van der Waals surface area contributed by atoms with Gasteiger partial charge in [0.15, 0.2) is 0 Å². The number of carbonyl (C=O) groups is 1. The van der Waals surface area contributed by atoms with Crippen molar-refractivity contribution in [1.82, 2.24) is 9.97 Å². The summed E-state index contributed by atoms with van der Waals surface area (Å²) in [5, 5.41) is 0.810. The lowest BCUT2D eigenvalue weighted by atomic mass is 10.1. The summed E-state index contributed by atoms with van der Waals surface area (Å²) in [6, 6.07) is 7.14. The van der Waals surface area contributed by atoms with Crippen molar-refractivity contribution >= 4 is 16.8 Å². The molecule has 2 heterocycles. The van der Waals surface area contributed by atoms with Crippen LogP contribution in [0.4, 0.5) is 0 Å². The fraction of sp³-hybridized carbons (Fsp3) is 0. The van der Waals surface area contributed by atoms with E-state index in [0.29, 0.717) is 5.52 Å². The molecule has 1 aromatic heterocycles. The van der Waals surface area contributed by atoms with Crippen molar-refractivity contribution < 1.29 is 4.79 Å². The number of aromatic nitrogens is 2. The minimum Gasteiger partial charge on any atom is -0.365 e. The Morgan fingerprint density at radius 3 is 2.88 bits per heavy atom. The lowest BCUT2D eigenvalue weighted by Gasteiger charge is -1.99. The molecule has 5 heteroatoms. The first-order valence-corrected chi connectivity index (χ1v) is 5.10. The highest BCUT2D eigenvalue weighted by molar-refractivity contribution is 6.03. The first kappa shape index (κ1) is 9.65. The number of pyridine rings is 2. The van der Waals surface area contributed by atoms with Gasteiger partial charge in [0, 0.05) is 22.8 Å². The van der Waals surface area contributed by atoms with Crippen molar-refractivity contribution in [3.8, 4) is 11.3 Å². The number of fused-ring (bicyclic) bond motifs is 3. The molecule has 3 rings (SSSR count). The Morgan fingerprint density at radius 1 is 1.29 bits per heavy atom. The molecule has 1 aliphatic carbocycles. The second-order valence-electron chi connectivity index (χ2n) is 3.85. The van der Waals surface area contributed by atoms with Crippen LogP contribution in [0.1, 0.15) is 10.4 Å². The van der Waals surface area contributed by atoms with Gasteiger partial charge < -0.3 is 15.7 Å². The van der Waals surface area contributed by atoms with Crippen LogP contribution in [0.5, 0.6) is 0 Å². The number of hydrogen-bond donors (Lipinski definition) is 3. The molecule has 4 N–H and O–H groups in total. The molecule has 1 aliphatic heterocycles. The zero-order valence-corrected chi connectivity index (χ0v) is 8.78. The van der Waals surface area contributed by atoms with Gasteiger partial charge in [0.2, 0.25) is 0 Å². The number of H-pyrrole nitrogens is 2. The van der Waals surface area contributed by atoms with Gasteiger partial charge in [0.1, 0.15) is 5.56 Å². The van der Waals surface area contributed by atoms with Crippen LogP contribution < -0.4 is 11.3 Å². The summed E-state index contributed by atoms with van der Waals surface area (Å²) < 4.78 is 0. The first-order valence-electron chi connectivity index (χ1n) is 5.10. The third-order valence-electron chi connectivity index (χ3n) is 2.80. The molecule has 0 unspecified atom stereocenters. The van der Waals surface area contributed by atoms with E-state index in [-0.39, 0.29) is 5.56 Å². The quantitative estimate of drug-likeness (QED) is 0.580. The average molecular weight is 227 g/mol. The van der Waals surface area contributed by atoms with E-state index in [0.717, 1.165) is 16.6 Å². The van der Waals surface area contributed by atoms with Gasteiger partial charge in [0.05, 0.1) is 5.52 Å². The molecule has 0 saturated heterocycles. The van der Waals surface area contributed by atoms with Crippen molar-refractivity contribution in [3.05, 3.63) is 46.4 Å². The van der Waals surface area contributed by atoms with Gasteiger partial charge in [0.25, 0.3) is 11.5 Å². The largest absolute Gasteiger partial charge is 0.365 e. The van der Waals surface area contributed by atoms with Crippen molar-refractivity contribution in [1.29, 1.82) is 0 Å². The van der Waals surface area contributed by atoms with Gasteiger partial charge >= 0.3 is 0 Å². The van der Waals surface area contributed by atoms with Crippen LogP contribution in [0.2, 0.25) is 0 Å². The highest BCUT2D eigenvalue weighted by Crippen LogP contribution is 2.30. The Bertz CT molecular complexity index is 754. The zero-order valence-electron chi connectivity index (χ0n) is 8.78. The number of nitrogens with one attached hydrogen (secondary N) is 2. The summed E-state index contributed by atoms with van der Waals surface area (Å²) in [6.45, 7) is 0. The predicted octanol–water partition coefficient (Wildman–Crippen LogP) is 1.06. The van der Waals surface area contributed by atoms with Crippen molar-refractivity contribution in [3.63, 3.8) is 0 Å².